The van der Waals surface area contributed by atoms with Gasteiger partial charge in [0.15, 0.2) is 0 Å². The maximum atomic E-state index is 13.6. The molecule has 4 rings (SSSR count). The van der Waals surface area contributed by atoms with Crippen LogP contribution in [-0.2, 0) is 21.1 Å². The number of halogens is 3. The number of aliphatic hydroxyl groups excluding tert-OH is 1. The van der Waals surface area contributed by atoms with Crippen LogP contribution in [0.5, 0.6) is 5.88 Å². The molecule has 2 N–H and O–H groups in total. The molecule has 1 saturated heterocycles. The highest BCUT2D eigenvalue weighted by Crippen LogP contribution is 2.43. The molecule has 0 saturated carbocycles. The molecule has 190 valence electrons. The van der Waals surface area contributed by atoms with Crippen molar-refractivity contribution in [2.45, 2.75) is 50.5 Å². The average molecular weight is 502 g/mol. The monoisotopic (exact) mass is 502 g/mol. The Morgan fingerprint density at radius 3 is 2.39 bits per heavy atom. The summed E-state index contributed by atoms with van der Waals surface area (Å²) in [5.74, 6) is -0.594. The van der Waals surface area contributed by atoms with Gasteiger partial charge in [-0.15, -0.1) is 0 Å². The van der Waals surface area contributed by atoms with E-state index in [-0.39, 0.29) is 11.3 Å². The predicted octanol–water partition coefficient (Wildman–Crippen LogP) is 4.98. The summed E-state index contributed by atoms with van der Waals surface area (Å²) < 4.78 is 51.3. The number of methoxy groups -OCH3 is 1. The third-order valence-electron chi connectivity index (χ3n) is 6.91. The van der Waals surface area contributed by atoms with Crippen molar-refractivity contribution in [3.63, 3.8) is 0 Å². The second-order valence-corrected chi connectivity index (χ2v) is 8.62. The molecule has 0 aliphatic carbocycles. The summed E-state index contributed by atoms with van der Waals surface area (Å²) in [7, 11) is 1.39. The maximum Gasteiger partial charge on any atom is 0.417 e. The topological polar surface area (TPSA) is 97.8 Å². The number of amides is 2. The lowest BCUT2D eigenvalue weighted by molar-refractivity contribution is -0.136. The van der Waals surface area contributed by atoms with Gasteiger partial charge in [-0.1, -0.05) is 44.2 Å². The molecule has 2 amide bonds. The van der Waals surface area contributed by atoms with Crippen LogP contribution in [0.1, 0.15) is 37.8 Å². The molecule has 0 spiro atoms. The number of rotatable bonds is 7. The fourth-order valence-corrected chi connectivity index (χ4v) is 4.89. The number of imide groups is 1. The molecular weight excluding hydrogens is 477 g/mol. The summed E-state index contributed by atoms with van der Waals surface area (Å²) in [5, 5.41) is 13.7. The number of cyclic esters (lactones) is 1. The van der Waals surface area contributed by atoms with Crippen LogP contribution < -0.4 is 10.1 Å². The van der Waals surface area contributed by atoms with Crippen LogP contribution in [0.3, 0.4) is 0 Å². The molecule has 1 fully saturated rings. The van der Waals surface area contributed by atoms with Crippen LogP contribution in [-0.4, -0.2) is 41.4 Å². The van der Waals surface area contributed by atoms with E-state index in [0.29, 0.717) is 35.0 Å². The fraction of sp³-hybridized carbons (Fsp3) is 0.346. The number of nitrogens with zero attached hydrogens (tertiary/aromatic N) is 1. The van der Waals surface area contributed by atoms with Crippen LogP contribution in [0.2, 0.25) is 0 Å². The number of hydrogen-bond donors (Lipinski definition) is 2. The lowest BCUT2D eigenvalue weighted by atomic mass is 9.69. The predicted molar refractivity (Wildman–Crippen MR) is 125 cm³/mol. The summed E-state index contributed by atoms with van der Waals surface area (Å²) >= 11 is 0. The van der Waals surface area contributed by atoms with Crippen molar-refractivity contribution in [3.05, 3.63) is 59.7 Å². The van der Waals surface area contributed by atoms with E-state index in [9.17, 15) is 27.9 Å². The first-order valence-corrected chi connectivity index (χ1v) is 11.4. The van der Waals surface area contributed by atoms with E-state index in [0.717, 1.165) is 6.07 Å². The largest absolute Gasteiger partial charge is 0.481 e. The van der Waals surface area contributed by atoms with Crippen molar-refractivity contribution >= 4 is 22.8 Å². The minimum absolute atomic E-state index is 0.0493. The maximum absolute atomic E-state index is 13.6. The van der Waals surface area contributed by atoms with Gasteiger partial charge >= 0.3 is 12.3 Å². The molecule has 2 unspecified atom stereocenters. The first-order chi connectivity index (χ1) is 17.1. The molecule has 2 aromatic carbocycles. The zero-order valence-corrected chi connectivity index (χ0v) is 19.8. The van der Waals surface area contributed by atoms with Crippen LogP contribution in [0.4, 0.5) is 18.0 Å². The van der Waals surface area contributed by atoms with Gasteiger partial charge in [-0.2, -0.15) is 13.2 Å². The Hall–Kier alpha value is -3.66. The normalized spacial score (nSPS) is 17.1. The number of aromatic nitrogens is 1. The van der Waals surface area contributed by atoms with Gasteiger partial charge < -0.3 is 14.6 Å². The third-order valence-corrected chi connectivity index (χ3v) is 6.91. The summed E-state index contributed by atoms with van der Waals surface area (Å²) in [6, 6.07) is 12.0. The summed E-state index contributed by atoms with van der Waals surface area (Å²) in [5.41, 5.74) is -0.494. The minimum Gasteiger partial charge on any atom is -0.481 e. The van der Waals surface area contributed by atoms with Gasteiger partial charge in [-0.25, -0.2) is 9.78 Å². The van der Waals surface area contributed by atoms with Gasteiger partial charge in [0.25, 0.3) is 5.91 Å². The van der Waals surface area contributed by atoms with Crippen LogP contribution in [0.15, 0.2) is 48.5 Å². The SMILES string of the molecule is CCC(CC)(c1ccc(-c2ccc3cccc(C(F)(F)F)c3c2)nc1OC)C(O)C1OC(=O)NC1=O. The smallest absolute Gasteiger partial charge is 0.417 e. The zero-order valence-electron chi connectivity index (χ0n) is 19.8. The number of nitrogens with one attached hydrogen (secondary N) is 1. The summed E-state index contributed by atoms with van der Waals surface area (Å²) in [4.78, 5) is 28.3. The van der Waals surface area contributed by atoms with Gasteiger partial charge in [0, 0.05) is 16.5 Å². The molecule has 3 aromatic rings. The Labute approximate surface area is 205 Å². The van der Waals surface area contributed by atoms with Crippen molar-refractivity contribution < 1.29 is 37.3 Å². The molecule has 10 heteroatoms. The Balaban J connectivity index is 1.80. The number of pyridine rings is 1. The second kappa shape index (κ2) is 9.42. The van der Waals surface area contributed by atoms with Gasteiger partial charge in [-0.3, -0.25) is 10.1 Å². The second-order valence-electron chi connectivity index (χ2n) is 8.62. The van der Waals surface area contributed by atoms with Crippen LogP contribution in [0.25, 0.3) is 22.0 Å². The number of alkyl carbamates (subject to hydrolysis) is 1. The first-order valence-electron chi connectivity index (χ1n) is 11.4. The standard InChI is InChI=1S/C26H25F3N2O5/c1-4-25(5-2,21(32)20-22(33)31-24(34)36-20)18-11-12-19(30-23(18)35-3)15-10-9-14-7-6-8-17(16(14)13-15)26(27,28)29/h6-13,20-21,32H,4-5H2,1-3H3,(H,31,33,34). The lowest BCUT2D eigenvalue weighted by Gasteiger charge is -2.38. The van der Waals surface area contributed by atoms with E-state index < -0.39 is 41.4 Å². The fourth-order valence-electron chi connectivity index (χ4n) is 4.89. The highest BCUT2D eigenvalue weighted by Gasteiger charge is 2.50. The quantitative estimate of drug-likeness (QED) is 0.473. The van der Waals surface area contributed by atoms with Crippen molar-refractivity contribution in [2.75, 3.05) is 7.11 Å². The first kappa shape index (κ1) is 25.4. The van der Waals surface area contributed by atoms with E-state index in [1.165, 1.54) is 19.2 Å². The van der Waals surface area contributed by atoms with E-state index in [4.69, 9.17) is 9.47 Å². The van der Waals surface area contributed by atoms with Crippen molar-refractivity contribution in [3.8, 4) is 17.1 Å². The Bertz CT molecular complexity index is 1320. The van der Waals surface area contributed by atoms with E-state index >= 15 is 0 Å². The van der Waals surface area contributed by atoms with Gasteiger partial charge in [0.05, 0.1) is 18.4 Å². The molecule has 1 aliphatic rings. The van der Waals surface area contributed by atoms with Crippen LogP contribution in [0, 0.1) is 0 Å². The zero-order chi connectivity index (χ0) is 26.3. The molecule has 36 heavy (non-hydrogen) atoms. The summed E-state index contributed by atoms with van der Waals surface area (Å²) in [6.07, 6.45) is -7.53. The molecule has 7 nitrogen and oxygen atoms in total. The number of fused-ring (bicyclic) bond motifs is 1. The Morgan fingerprint density at radius 1 is 1.08 bits per heavy atom. The summed E-state index contributed by atoms with van der Waals surface area (Å²) in [6.45, 7) is 3.63. The third kappa shape index (κ3) is 4.26. The lowest BCUT2D eigenvalue weighted by Crippen LogP contribution is -2.49. The average Bonchev–Trinajstić information content (AvgIpc) is 3.21. The number of aliphatic hydroxyl groups is 1. The number of carbonyl (C=O) groups excluding carboxylic acids is 2. The van der Waals surface area contributed by atoms with Crippen molar-refractivity contribution in [2.24, 2.45) is 0 Å². The van der Waals surface area contributed by atoms with Crippen LogP contribution >= 0.6 is 0 Å². The van der Waals surface area contributed by atoms with E-state index in [1.807, 2.05) is 19.2 Å². The number of ether oxygens (including phenoxy) is 2. The number of carbonyl (C=O) groups is 2. The van der Waals surface area contributed by atoms with Crippen molar-refractivity contribution in [1.29, 1.82) is 0 Å². The van der Waals surface area contributed by atoms with Crippen molar-refractivity contribution in [1.82, 2.24) is 10.3 Å². The molecular formula is C26H25F3N2O5. The molecule has 1 aliphatic heterocycles. The Morgan fingerprint density at radius 2 is 1.81 bits per heavy atom. The highest BCUT2D eigenvalue weighted by molar-refractivity contribution is 6.00. The molecule has 0 radical (unpaired) electrons. The molecule has 2 heterocycles. The molecule has 0 bridgehead atoms. The van der Waals surface area contributed by atoms with E-state index in [2.05, 4.69) is 4.98 Å². The van der Waals surface area contributed by atoms with Gasteiger partial charge in [0.2, 0.25) is 12.0 Å². The van der Waals surface area contributed by atoms with Gasteiger partial charge in [-0.05, 0) is 41.8 Å². The number of alkyl halides is 3. The minimum atomic E-state index is -4.51. The van der Waals surface area contributed by atoms with E-state index in [1.54, 1.807) is 30.3 Å². The van der Waals surface area contributed by atoms with Gasteiger partial charge in [0.1, 0.15) is 6.10 Å². The number of benzene rings is 2. The highest BCUT2D eigenvalue weighted by atomic mass is 19.4. The molecule has 1 aromatic heterocycles. The number of hydrogen-bond acceptors (Lipinski definition) is 6. The molecule has 2 atom stereocenters. The Kier molecular flexibility index (Phi) is 6.66.